The summed E-state index contributed by atoms with van der Waals surface area (Å²) in [5.41, 5.74) is 0. The molecule has 0 aliphatic rings. The van der Waals surface area contributed by atoms with Crippen LogP contribution in [-0.2, 0) is 9.09 Å². The van der Waals surface area contributed by atoms with Gasteiger partial charge in [0.2, 0.25) is 0 Å². The fourth-order valence-corrected chi connectivity index (χ4v) is 0. The molecule has 0 fully saturated rings. The molecule has 0 unspecified atom stereocenters. The van der Waals surface area contributed by atoms with Crippen molar-refractivity contribution in [3.8, 4) is 0 Å². The summed E-state index contributed by atoms with van der Waals surface area (Å²) in [6.07, 6.45) is 0. The maximum atomic E-state index is 10.1. The van der Waals surface area contributed by atoms with Crippen molar-refractivity contribution >= 4 is 80.6 Å². The monoisotopic (exact) mass is 154 g/mol. The van der Waals surface area contributed by atoms with Gasteiger partial charge in [-0.1, -0.05) is 0 Å². The summed E-state index contributed by atoms with van der Waals surface area (Å²) >= 11 is 0. The van der Waals surface area contributed by atoms with Crippen molar-refractivity contribution in [1.82, 2.24) is 0 Å². The first-order chi connectivity index (χ1) is 2.27. The van der Waals surface area contributed by atoms with Crippen LogP contribution >= 0.6 is 0 Å². The molecule has 3 nitrogen and oxygen atoms in total. The number of hydrogen-bond acceptors (Lipinski definition) is 2. The van der Waals surface area contributed by atoms with E-state index in [0.29, 0.717) is 0 Å². The Balaban J connectivity index is -0.0000000267. The van der Waals surface area contributed by atoms with Crippen LogP contribution in [0.15, 0.2) is 0 Å². The van der Waals surface area contributed by atoms with Crippen LogP contribution in [-0.4, -0.2) is 85.4 Å². The third-order valence-electron chi connectivity index (χ3n) is 0.0660. The third-order valence-corrected chi connectivity index (χ3v) is 0.198. The molecule has 8 heteroatoms. The van der Waals surface area contributed by atoms with E-state index in [2.05, 4.69) is 4.63 Å². The van der Waals surface area contributed by atoms with Crippen LogP contribution in [0, 0.1) is 0 Å². The van der Waals surface area contributed by atoms with Crippen molar-refractivity contribution in [2.24, 2.45) is 0 Å². The van der Waals surface area contributed by atoms with Crippen LogP contribution in [0.25, 0.3) is 0 Å². The second-order valence-electron chi connectivity index (χ2n) is 0.343. The normalized spacial score (nSPS) is 4.12. The summed E-state index contributed by atoms with van der Waals surface area (Å²) in [7, 11) is -3.29. The van der Waals surface area contributed by atoms with Gasteiger partial charge in [0, 0.05) is 4.53 Å². The summed E-state index contributed by atoms with van der Waals surface area (Å²) in [6.45, 7) is 0. The molecule has 0 saturated carbocycles. The Kier molecular flexibility index (Phi) is 44.9. The molecule has 0 spiro atoms. The molecule has 0 aromatic heterocycles. The molecule has 0 aliphatic carbocycles. The number of hydrogen-bond donors (Lipinski definition) is 1. The molecule has 0 atom stereocenters. The Hall–Kier alpha value is 1.91. The average molecular weight is 154 g/mol. The van der Waals surface area contributed by atoms with Gasteiger partial charge in [0.1, 0.15) is 0 Å². The first-order valence-corrected chi connectivity index (χ1v) is 2.05. The SMILES string of the molecule is O=[Si](O)OF.[LiH].[MgH2].[NaH]. The van der Waals surface area contributed by atoms with Crippen molar-refractivity contribution in [2.75, 3.05) is 0 Å². The van der Waals surface area contributed by atoms with Gasteiger partial charge in [-0.05, 0) is 0 Å². The van der Waals surface area contributed by atoms with E-state index in [1.165, 1.54) is 0 Å². The van der Waals surface area contributed by atoms with Crippen molar-refractivity contribution in [1.29, 1.82) is 0 Å². The van der Waals surface area contributed by atoms with E-state index in [-0.39, 0.29) is 71.5 Å². The first kappa shape index (κ1) is 22.5. The fourth-order valence-electron chi connectivity index (χ4n) is 0. The third kappa shape index (κ3) is 24.7. The van der Waals surface area contributed by atoms with E-state index in [4.69, 9.17) is 9.26 Å². The Labute approximate surface area is 97.8 Å². The average Bonchev–Trinajstić information content (AvgIpc) is 1.38. The molecule has 38 valence electrons. The molecule has 8 heavy (non-hydrogen) atoms. The van der Waals surface area contributed by atoms with Crippen molar-refractivity contribution in [3.63, 3.8) is 0 Å². The van der Waals surface area contributed by atoms with Crippen LogP contribution in [0.5, 0.6) is 0 Å². The minimum atomic E-state index is -3.29. The van der Waals surface area contributed by atoms with Gasteiger partial charge in [-0.2, -0.15) is 0 Å². The van der Waals surface area contributed by atoms with E-state index < -0.39 is 9.17 Å². The molecule has 0 aliphatic heterocycles. The molecule has 0 radical (unpaired) electrons. The van der Waals surface area contributed by atoms with E-state index >= 15 is 0 Å². The maximum absolute atomic E-state index is 10.1. The zero-order chi connectivity index (χ0) is 4.28. The van der Waals surface area contributed by atoms with Gasteiger partial charge in [0.05, 0.1) is 0 Å². The molecular formula is H5FLiMgNaO3Si. The van der Waals surface area contributed by atoms with Crippen molar-refractivity contribution in [2.45, 2.75) is 0 Å². The summed E-state index contributed by atoms with van der Waals surface area (Å²) in [5.74, 6) is 0. The zero-order valence-electron chi connectivity index (χ0n) is 2.14. The predicted octanol–water partition coefficient (Wildman–Crippen LogP) is -2.92. The molecule has 0 heterocycles. The van der Waals surface area contributed by atoms with Crippen LogP contribution in [0.1, 0.15) is 0 Å². The quantitative estimate of drug-likeness (QED) is 0.412. The summed E-state index contributed by atoms with van der Waals surface area (Å²) in [5, 5.41) is 0. The Bertz CT molecular complexity index is 54.5. The predicted molar refractivity (Wildman–Crippen MR) is 33.7 cm³/mol. The summed E-state index contributed by atoms with van der Waals surface area (Å²) in [6, 6.07) is 0. The van der Waals surface area contributed by atoms with Crippen LogP contribution < -0.4 is 0 Å². The molecule has 0 saturated heterocycles. The van der Waals surface area contributed by atoms with E-state index in [0.717, 1.165) is 0 Å². The molecule has 0 rings (SSSR count). The van der Waals surface area contributed by atoms with E-state index in [1.807, 2.05) is 0 Å². The second-order valence-corrected chi connectivity index (χ2v) is 1.03. The number of rotatable bonds is 1. The van der Waals surface area contributed by atoms with Crippen LogP contribution in [0.3, 0.4) is 0 Å². The van der Waals surface area contributed by atoms with Gasteiger partial charge in [-0.15, -0.1) is 0 Å². The van der Waals surface area contributed by atoms with Crippen LogP contribution in [0.4, 0.5) is 4.53 Å². The number of halogens is 1. The molecule has 0 amide bonds. The Morgan fingerprint density at radius 1 is 1.62 bits per heavy atom. The topological polar surface area (TPSA) is 46.5 Å². The van der Waals surface area contributed by atoms with Gasteiger partial charge in [-0.3, -0.25) is 9.09 Å². The standard InChI is InChI=1S/FHO3Si.Li.Mg.Na.4H/c1-4-5(2)3;;;;;;;/h2H;;;;;;;. The Morgan fingerprint density at radius 2 is 1.75 bits per heavy atom. The van der Waals surface area contributed by atoms with Gasteiger partial charge in [-0.25, -0.2) is 0 Å². The first-order valence-electron chi connectivity index (χ1n) is 0.786. The molecule has 0 aromatic rings. The Morgan fingerprint density at radius 3 is 1.75 bits per heavy atom. The second kappa shape index (κ2) is 16.0. The zero-order valence-corrected chi connectivity index (χ0v) is 3.14. The molecule has 0 aromatic carbocycles. The van der Waals surface area contributed by atoms with Gasteiger partial charge < -0.3 is 4.80 Å². The van der Waals surface area contributed by atoms with Crippen molar-refractivity contribution < 1.29 is 18.4 Å². The van der Waals surface area contributed by atoms with Crippen molar-refractivity contribution in [3.05, 3.63) is 0 Å². The molecule has 1 N–H and O–H groups in total. The van der Waals surface area contributed by atoms with E-state index in [1.54, 1.807) is 0 Å². The van der Waals surface area contributed by atoms with Gasteiger partial charge in [0.25, 0.3) is 0 Å². The molecular weight excluding hydrogens is 149 g/mol. The van der Waals surface area contributed by atoms with E-state index in [9.17, 15) is 4.53 Å². The molecule has 0 bridgehead atoms. The minimum absolute atomic E-state index is 0. The van der Waals surface area contributed by atoms with Gasteiger partial charge >= 0.3 is 80.6 Å². The van der Waals surface area contributed by atoms with Crippen LogP contribution in [0.2, 0.25) is 0 Å². The fraction of sp³-hybridized carbons (Fsp3) is 0. The van der Waals surface area contributed by atoms with Gasteiger partial charge in [0.15, 0.2) is 0 Å². The summed E-state index contributed by atoms with van der Waals surface area (Å²) < 4.78 is 21.4. The summed E-state index contributed by atoms with van der Waals surface area (Å²) in [4.78, 5) is 7.31.